The number of aromatic nitrogens is 3. The second kappa shape index (κ2) is 9.21. The minimum absolute atomic E-state index is 0.117. The first kappa shape index (κ1) is 21.7. The van der Waals surface area contributed by atoms with Gasteiger partial charge in [0.25, 0.3) is 5.91 Å². The van der Waals surface area contributed by atoms with Crippen molar-refractivity contribution in [3.05, 3.63) is 70.5 Å². The molecule has 3 aromatic rings. The van der Waals surface area contributed by atoms with E-state index in [9.17, 15) is 14.4 Å². The number of hydrogen-bond donors (Lipinski definition) is 2. The zero-order chi connectivity index (χ0) is 22.5. The number of aryl methyl sites for hydroxylation is 2. The van der Waals surface area contributed by atoms with Crippen LogP contribution in [-0.4, -0.2) is 39.9 Å². The lowest BCUT2D eigenvalue weighted by Gasteiger charge is -2.09. The number of ether oxygens (including phenoxy) is 1. The molecule has 160 valence electrons. The Labute approximate surface area is 179 Å². The van der Waals surface area contributed by atoms with Crippen molar-refractivity contribution in [1.82, 2.24) is 15.0 Å². The number of benzene rings is 2. The highest BCUT2D eigenvalue weighted by Crippen LogP contribution is 2.17. The highest BCUT2D eigenvalue weighted by molar-refractivity contribution is 6.04. The second-order valence-corrected chi connectivity index (χ2v) is 7.07. The molecular weight excluding hydrogens is 398 g/mol. The number of amides is 2. The molecule has 2 amide bonds. The molecular formula is C22H23N5O4. The van der Waals surface area contributed by atoms with Crippen LogP contribution in [0.1, 0.15) is 37.7 Å². The third kappa shape index (κ3) is 5.13. The number of nitrogens with zero attached hydrogens (tertiary/aromatic N) is 3. The zero-order valence-electron chi connectivity index (χ0n) is 17.7. The van der Waals surface area contributed by atoms with Gasteiger partial charge in [0.1, 0.15) is 6.54 Å². The topological polar surface area (TPSA) is 115 Å². The quantitative estimate of drug-likeness (QED) is 0.592. The van der Waals surface area contributed by atoms with E-state index in [1.165, 1.54) is 11.8 Å². The minimum atomic E-state index is -0.456. The fourth-order valence-corrected chi connectivity index (χ4v) is 3.00. The number of hydrogen-bond acceptors (Lipinski definition) is 6. The molecule has 2 N–H and O–H groups in total. The molecule has 2 aromatic carbocycles. The predicted molar refractivity (Wildman–Crippen MR) is 115 cm³/mol. The molecule has 9 nitrogen and oxygen atoms in total. The van der Waals surface area contributed by atoms with Crippen LogP contribution in [0.4, 0.5) is 11.4 Å². The molecule has 0 bridgehead atoms. The van der Waals surface area contributed by atoms with E-state index in [-0.39, 0.29) is 18.1 Å². The molecule has 0 aliphatic rings. The van der Waals surface area contributed by atoms with E-state index < -0.39 is 11.9 Å². The van der Waals surface area contributed by atoms with Crippen LogP contribution >= 0.6 is 0 Å². The van der Waals surface area contributed by atoms with E-state index in [4.69, 9.17) is 0 Å². The van der Waals surface area contributed by atoms with Crippen LogP contribution in [0, 0.1) is 20.8 Å². The van der Waals surface area contributed by atoms with E-state index in [1.54, 1.807) is 31.2 Å². The predicted octanol–water partition coefficient (Wildman–Crippen LogP) is 2.88. The lowest BCUT2D eigenvalue weighted by atomic mass is 10.1. The lowest BCUT2D eigenvalue weighted by Crippen LogP contribution is -2.21. The van der Waals surface area contributed by atoms with Crippen LogP contribution in [0.3, 0.4) is 0 Å². The standard InChI is InChI=1S/C22H23N5O4/c1-13-5-10-18(14(2)11-13)24-21(29)20-15(3)27(26-25-20)12-19(28)23-17-8-6-16(7-9-17)22(30)31-4/h5-11H,12H2,1-4H3,(H,23,28)(H,24,29). The number of carbonyl (C=O) groups excluding carboxylic acids is 3. The van der Waals surface area contributed by atoms with Crippen LogP contribution < -0.4 is 10.6 Å². The Balaban J connectivity index is 1.64. The Kier molecular flexibility index (Phi) is 6.44. The normalized spacial score (nSPS) is 10.5. The van der Waals surface area contributed by atoms with Gasteiger partial charge in [-0.05, 0) is 56.7 Å². The molecule has 0 saturated heterocycles. The van der Waals surface area contributed by atoms with Gasteiger partial charge >= 0.3 is 5.97 Å². The summed E-state index contributed by atoms with van der Waals surface area (Å²) in [5.41, 5.74) is 4.25. The van der Waals surface area contributed by atoms with Crippen LogP contribution in [0.15, 0.2) is 42.5 Å². The second-order valence-electron chi connectivity index (χ2n) is 7.07. The summed E-state index contributed by atoms with van der Waals surface area (Å²) in [4.78, 5) is 36.4. The molecule has 0 aliphatic heterocycles. The molecule has 0 atom stereocenters. The largest absolute Gasteiger partial charge is 0.465 e. The average Bonchev–Trinajstić information content (AvgIpc) is 3.10. The van der Waals surface area contributed by atoms with Crippen molar-refractivity contribution in [3.63, 3.8) is 0 Å². The molecule has 0 fully saturated rings. The van der Waals surface area contributed by atoms with Gasteiger partial charge in [-0.1, -0.05) is 22.9 Å². The fraction of sp³-hybridized carbons (Fsp3) is 0.227. The summed E-state index contributed by atoms with van der Waals surface area (Å²) >= 11 is 0. The van der Waals surface area contributed by atoms with Crippen molar-refractivity contribution in [2.75, 3.05) is 17.7 Å². The Hall–Kier alpha value is -4.01. The van der Waals surface area contributed by atoms with Crippen molar-refractivity contribution >= 4 is 29.2 Å². The van der Waals surface area contributed by atoms with E-state index in [0.29, 0.717) is 22.6 Å². The SMILES string of the molecule is COC(=O)c1ccc(NC(=O)Cn2nnc(C(=O)Nc3ccc(C)cc3C)c2C)cc1. The fourth-order valence-electron chi connectivity index (χ4n) is 3.00. The number of anilines is 2. The van der Waals surface area contributed by atoms with Crippen molar-refractivity contribution < 1.29 is 19.1 Å². The minimum Gasteiger partial charge on any atom is -0.465 e. The van der Waals surface area contributed by atoms with Gasteiger partial charge in [-0.2, -0.15) is 0 Å². The molecule has 0 spiro atoms. The first-order valence-corrected chi connectivity index (χ1v) is 9.55. The summed E-state index contributed by atoms with van der Waals surface area (Å²) in [6, 6.07) is 12.0. The monoisotopic (exact) mass is 421 g/mol. The maximum absolute atomic E-state index is 12.6. The van der Waals surface area contributed by atoms with Gasteiger partial charge in [-0.3, -0.25) is 9.59 Å². The molecule has 0 unspecified atom stereocenters. The van der Waals surface area contributed by atoms with Gasteiger partial charge in [0, 0.05) is 11.4 Å². The number of rotatable bonds is 6. The first-order chi connectivity index (χ1) is 14.8. The smallest absolute Gasteiger partial charge is 0.337 e. The third-order valence-corrected chi connectivity index (χ3v) is 4.71. The Morgan fingerprint density at radius 2 is 1.71 bits per heavy atom. The Morgan fingerprint density at radius 3 is 2.35 bits per heavy atom. The van der Waals surface area contributed by atoms with Gasteiger partial charge < -0.3 is 15.4 Å². The molecule has 0 radical (unpaired) electrons. The van der Waals surface area contributed by atoms with Crippen molar-refractivity contribution in [2.45, 2.75) is 27.3 Å². The van der Waals surface area contributed by atoms with Gasteiger partial charge in [0.2, 0.25) is 5.91 Å². The highest BCUT2D eigenvalue weighted by Gasteiger charge is 2.19. The zero-order valence-corrected chi connectivity index (χ0v) is 17.7. The molecule has 31 heavy (non-hydrogen) atoms. The summed E-state index contributed by atoms with van der Waals surface area (Å²) in [5.74, 6) is -1.20. The molecule has 0 saturated carbocycles. The molecule has 1 heterocycles. The lowest BCUT2D eigenvalue weighted by molar-refractivity contribution is -0.117. The summed E-state index contributed by atoms with van der Waals surface area (Å²) in [6.45, 7) is 5.45. The summed E-state index contributed by atoms with van der Waals surface area (Å²) in [7, 11) is 1.30. The third-order valence-electron chi connectivity index (χ3n) is 4.71. The van der Waals surface area contributed by atoms with Crippen molar-refractivity contribution in [2.24, 2.45) is 0 Å². The molecule has 9 heteroatoms. The number of nitrogens with one attached hydrogen (secondary N) is 2. The Bertz CT molecular complexity index is 1140. The van der Waals surface area contributed by atoms with E-state index >= 15 is 0 Å². The van der Waals surface area contributed by atoms with Gasteiger partial charge in [-0.25, -0.2) is 9.48 Å². The number of esters is 1. The summed E-state index contributed by atoms with van der Waals surface area (Å²) in [5, 5.41) is 13.4. The van der Waals surface area contributed by atoms with Crippen molar-refractivity contribution in [3.8, 4) is 0 Å². The Morgan fingerprint density at radius 1 is 1.00 bits per heavy atom. The van der Waals surface area contributed by atoms with Gasteiger partial charge in [0.15, 0.2) is 5.69 Å². The van der Waals surface area contributed by atoms with Gasteiger partial charge in [0.05, 0.1) is 18.4 Å². The van der Waals surface area contributed by atoms with E-state index in [1.807, 2.05) is 32.0 Å². The number of carbonyl (C=O) groups is 3. The first-order valence-electron chi connectivity index (χ1n) is 9.55. The maximum Gasteiger partial charge on any atom is 0.337 e. The highest BCUT2D eigenvalue weighted by atomic mass is 16.5. The van der Waals surface area contributed by atoms with E-state index in [0.717, 1.165) is 11.1 Å². The molecule has 1 aromatic heterocycles. The summed E-state index contributed by atoms with van der Waals surface area (Å²) < 4.78 is 6.00. The van der Waals surface area contributed by atoms with Crippen LogP contribution in [0.25, 0.3) is 0 Å². The molecule has 0 aliphatic carbocycles. The van der Waals surface area contributed by atoms with Crippen molar-refractivity contribution in [1.29, 1.82) is 0 Å². The van der Waals surface area contributed by atoms with Crippen LogP contribution in [0.2, 0.25) is 0 Å². The molecule has 3 rings (SSSR count). The number of methoxy groups -OCH3 is 1. The van der Waals surface area contributed by atoms with Crippen LogP contribution in [-0.2, 0) is 16.1 Å². The van der Waals surface area contributed by atoms with Gasteiger partial charge in [-0.15, -0.1) is 5.10 Å². The average molecular weight is 421 g/mol. The maximum atomic E-state index is 12.6. The summed E-state index contributed by atoms with van der Waals surface area (Å²) in [6.07, 6.45) is 0. The van der Waals surface area contributed by atoms with Crippen LogP contribution in [0.5, 0.6) is 0 Å². The van der Waals surface area contributed by atoms with E-state index in [2.05, 4.69) is 25.7 Å².